The van der Waals surface area contributed by atoms with Crippen molar-refractivity contribution in [3.8, 4) is 5.75 Å². The van der Waals surface area contributed by atoms with Crippen LogP contribution in [0.2, 0.25) is 0 Å². The van der Waals surface area contributed by atoms with Crippen LogP contribution in [0.1, 0.15) is 44.0 Å². The molecule has 3 heterocycles. The predicted molar refractivity (Wildman–Crippen MR) is 118 cm³/mol. The van der Waals surface area contributed by atoms with Crippen LogP contribution in [0.5, 0.6) is 5.75 Å². The van der Waals surface area contributed by atoms with Crippen LogP contribution in [0.25, 0.3) is 10.9 Å². The van der Waals surface area contributed by atoms with Gasteiger partial charge in [0.2, 0.25) is 0 Å². The van der Waals surface area contributed by atoms with Gasteiger partial charge in [-0.25, -0.2) is 0 Å². The average molecular weight is 412 g/mol. The van der Waals surface area contributed by atoms with Crippen LogP contribution in [-0.4, -0.2) is 51.8 Å². The lowest BCUT2D eigenvalue weighted by Crippen LogP contribution is -2.36. The molecule has 3 aromatic rings. The van der Waals surface area contributed by atoms with Gasteiger partial charge in [0.05, 0.1) is 19.9 Å². The molecule has 1 aliphatic heterocycles. The maximum absolute atomic E-state index is 5.49. The van der Waals surface area contributed by atoms with E-state index in [0.29, 0.717) is 18.6 Å². The topological polar surface area (TPSA) is 57.3 Å². The molecule has 162 valence electrons. The zero-order chi connectivity index (χ0) is 21.1. The van der Waals surface area contributed by atoms with Crippen molar-refractivity contribution in [3.63, 3.8) is 0 Å². The van der Waals surface area contributed by atoms with Gasteiger partial charge < -0.3 is 14.0 Å². The van der Waals surface area contributed by atoms with Gasteiger partial charge in [-0.1, -0.05) is 5.21 Å². The summed E-state index contributed by atoms with van der Waals surface area (Å²) in [6.45, 7) is 9.08. The SMILES string of the molecule is COCc1cn(CC2CCCN(Cc3cn(C(C)C)c4ccc(OC)cc34)C2)nn1. The van der Waals surface area contributed by atoms with E-state index in [1.807, 2.05) is 10.9 Å². The number of ether oxygens (including phenoxy) is 2. The van der Waals surface area contributed by atoms with Gasteiger partial charge in [0.15, 0.2) is 0 Å². The molecule has 1 atom stereocenters. The van der Waals surface area contributed by atoms with Crippen LogP contribution in [0.15, 0.2) is 30.6 Å². The van der Waals surface area contributed by atoms with Crippen molar-refractivity contribution in [2.75, 3.05) is 27.3 Å². The summed E-state index contributed by atoms with van der Waals surface area (Å²) in [5, 5.41) is 9.76. The number of aromatic nitrogens is 4. The maximum Gasteiger partial charge on any atom is 0.119 e. The van der Waals surface area contributed by atoms with E-state index in [0.717, 1.165) is 37.6 Å². The summed E-state index contributed by atoms with van der Waals surface area (Å²) >= 11 is 0. The highest BCUT2D eigenvalue weighted by Crippen LogP contribution is 2.30. The number of hydrogen-bond donors (Lipinski definition) is 0. The summed E-state index contributed by atoms with van der Waals surface area (Å²) in [7, 11) is 3.42. The third-order valence-corrected chi connectivity index (χ3v) is 6.00. The highest BCUT2D eigenvalue weighted by atomic mass is 16.5. The molecule has 1 aliphatic rings. The monoisotopic (exact) mass is 411 g/mol. The summed E-state index contributed by atoms with van der Waals surface area (Å²) in [6.07, 6.45) is 6.78. The molecule has 1 fully saturated rings. The molecule has 4 rings (SSSR count). The summed E-state index contributed by atoms with van der Waals surface area (Å²) in [5.74, 6) is 1.50. The summed E-state index contributed by atoms with van der Waals surface area (Å²) in [4.78, 5) is 2.58. The molecule has 2 aromatic heterocycles. The Kier molecular flexibility index (Phi) is 6.39. The van der Waals surface area contributed by atoms with Gasteiger partial charge >= 0.3 is 0 Å². The highest BCUT2D eigenvalue weighted by Gasteiger charge is 2.22. The maximum atomic E-state index is 5.49. The fraction of sp³-hybridized carbons (Fsp3) is 0.565. The molecular formula is C23H33N5O2. The Balaban J connectivity index is 1.48. The Hall–Kier alpha value is -2.38. The van der Waals surface area contributed by atoms with Crippen molar-refractivity contribution in [2.24, 2.45) is 5.92 Å². The fourth-order valence-electron chi connectivity index (χ4n) is 4.58. The first-order valence-electron chi connectivity index (χ1n) is 10.8. The van der Waals surface area contributed by atoms with Crippen LogP contribution in [0.3, 0.4) is 0 Å². The van der Waals surface area contributed by atoms with Gasteiger partial charge in [-0.05, 0) is 62.9 Å². The third-order valence-electron chi connectivity index (χ3n) is 6.00. The first-order chi connectivity index (χ1) is 14.6. The van der Waals surface area contributed by atoms with Gasteiger partial charge in [-0.15, -0.1) is 5.10 Å². The van der Waals surface area contributed by atoms with Crippen LogP contribution < -0.4 is 4.74 Å². The van der Waals surface area contributed by atoms with Crippen LogP contribution in [0.4, 0.5) is 0 Å². The van der Waals surface area contributed by atoms with Gasteiger partial charge in [0.25, 0.3) is 0 Å². The molecule has 0 aliphatic carbocycles. The molecule has 30 heavy (non-hydrogen) atoms. The molecule has 0 radical (unpaired) electrons. The Morgan fingerprint density at radius 1 is 1.20 bits per heavy atom. The van der Waals surface area contributed by atoms with Crippen LogP contribution in [-0.2, 0) is 24.4 Å². The van der Waals surface area contributed by atoms with Crippen LogP contribution in [0, 0.1) is 5.92 Å². The molecule has 0 saturated carbocycles. The molecule has 0 amide bonds. The van der Waals surface area contributed by atoms with Gasteiger partial charge in [0.1, 0.15) is 11.4 Å². The number of piperidine rings is 1. The summed E-state index contributed by atoms with van der Waals surface area (Å²) in [6, 6.07) is 6.84. The smallest absolute Gasteiger partial charge is 0.119 e. The zero-order valence-electron chi connectivity index (χ0n) is 18.5. The summed E-state index contributed by atoms with van der Waals surface area (Å²) < 4.78 is 15.0. The lowest BCUT2D eigenvalue weighted by atomic mass is 9.97. The Labute approximate surface area is 178 Å². The number of benzene rings is 1. The zero-order valence-corrected chi connectivity index (χ0v) is 18.5. The fourth-order valence-corrected chi connectivity index (χ4v) is 4.58. The lowest BCUT2D eigenvalue weighted by molar-refractivity contribution is 0.153. The number of likely N-dealkylation sites (tertiary alicyclic amines) is 1. The second-order valence-corrected chi connectivity index (χ2v) is 8.65. The largest absolute Gasteiger partial charge is 0.497 e. The van der Waals surface area contributed by atoms with E-state index in [4.69, 9.17) is 9.47 Å². The van der Waals surface area contributed by atoms with Crippen molar-refractivity contribution in [1.82, 2.24) is 24.5 Å². The molecule has 1 saturated heterocycles. The van der Waals surface area contributed by atoms with E-state index >= 15 is 0 Å². The molecule has 0 N–H and O–H groups in total. The minimum Gasteiger partial charge on any atom is -0.497 e. The molecule has 0 bridgehead atoms. The first kappa shape index (κ1) is 20.9. The number of nitrogens with zero attached hydrogens (tertiary/aromatic N) is 5. The minimum atomic E-state index is 0.428. The molecule has 7 heteroatoms. The second kappa shape index (κ2) is 9.18. The van der Waals surface area contributed by atoms with Crippen molar-refractivity contribution in [2.45, 2.75) is 52.4 Å². The van der Waals surface area contributed by atoms with Gasteiger partial charge in [0, 0.05) is 49.9 Å². The van der Waals surface area contributed by atoms with Crippen LogP contribution >= 0.6 is 0 Å². The van der Waals surface area contributed by atoms with Crippen molar-refractivity contribution < 1.29 is 9.47 Å². The third kappa shape index (κ3) is 4.52. The van der Waals surface area contributed by atoms with Crippen molar-refractivity contribution in [1.29, 1.82) is 0 Å². The molecule has 1 unspecified atom stereocenters. The summed E-state index contributed by atoms with van der Waals surface area (Å²) in [5.41, 5.74) is 3.55. The molecule has 7 nitrogen and oxygen atoms in total. The average Bonchev–Trinajstić information content (AvgIpc) is 3.33. The number of fused-ring (bicyclic) bond motifs is 1. The van der Waals surface area contributed by atoms with E-state index in [-0.39, 0.29) is 0 Å². The van der Waals surface area contributed by atoms with E-state index < -0.39 is 0 Å². The lowest BCUT2D eigenvalue weighted by Gasteiger charge is -2.32. The molecule has 1 aromatic carbocycles. The number of rotatable bonds is 8. The Morgan fingerprint density at radius 2 is 2.07 bits per heavy atom. The Morgan fingerprint density at radius 3 is 2.83 bits per heavy atom. The predicted octanol–water partition coefficient (Wildman–Crippen LogP) is 3.88. The standard InChI is InChI=1S/C23H33N5O2/c1-17(2)28-14-19(22-10-21(30-4)7-8-23(22)28)13-26-9-5-6-18(11-26)12-27-15-20(16-29-3)24-25-27/h7-8,10,14-15,17-18H,5-6,9,11-13,16H2,1-4H3. The minimum absolute atomic E-state index is 0.428. The number of hydrogen-bond acceptors (Lipinski definition) is 5. The van der Waals surface area contributed by atoms with E-state index in [1.54, 1.807) is 14.2 Å². The van der Waals surface area contributed by atoms with Gasteiger partial charge in [-0.2, -0.15) is 0 Å². The Bertz CT molecular complexity index is 977. The first-order valence-corrected chi connectivity index (χ1v) is 10.8. The normalized spacial score (nSPS) is 17.8. The van der Waals surface area contributed by atoms with E-state index in [9.17, 15) is 0 Å². The highest BCUT2D eigenvalue weighted by molar-refractivity contribution is 5.85. The number of methoxy groups -OCH3 is 2. The quantitative estimate of drug-likeness (QED) is 0.563. The van der Waals surface area contributed by atoms with Crippen molar-refractivity contribution in [3.05, 3.63) is 41.9 Å². The molecule has 0 spiro atoms. The van der Waals surface area contributed by atoms with Gasteiger partial charge in [-0.3, -0.25) is 9.58 Å². The van der Waals surface area contributed by atoms with E-state index in [1.165, 1.54) is 29.3 Å². The second-order valence-electron chi connectivity index (χ2n) is 8.65. The van der Waals surface area contributed by atoms with Crippen molar-refractivity contribution >= 4 is 10.9 Å². The van der Waals surface area contributed by atoms with E-state index in [2.05, 4.69) is 58.0 Å². The molecular weight excluding hydrogens is 378 g/mol.